The smallest absolute Gasteiger partial charge is 0.407 e. The van der Waals surface area contributed by atoms with Crippen LogP contribution in [0.4, 0.5) is 27.8 Å². The van der Waals surface area contributed by atoms with Gasteiger partial charge in [-0.2, -0.15) is 0 Å². The summed E-state index contributed by atoms with van der Waals surface area (Å²) in [5.74, 6) is 0.790. The van der Waals surface area contributed by atoms with Gasteiger partial charge in [-0.3, -0.25) is 4.79 Å². The third-order valence-electron chi connectivity index (χ3n) is 6.40. The fourth-order valence-corrected chi connectivity index (χ4v) is 4.55. The number of carbonyl (C=O) groups is 2. The minimum atomic E-state index is -0.390. The third-order valence-corrected chi connectivity index (χ3v) is 6.40. The summed E-state index contributed by atoms with van der Waals surface area (Å²) in [6.07, 6.45) is 5.22. The molecule has 4 rings (SSSR count). The lowest BCUT2D eigenvalue weighted by atomic mass is 9.90. The zero-order valence-electron chi connectivity index (χ0n) is 19.9. The number of alkyl carbamates (subject to hydrolysis) is 1. The van der Waals surface area contributed by atoms with Gasteiger partial charge in [-0.05, 0) is 43.9 Å². The number of nitrogens with two attached hydrogens (primary N) is 1. The van der Waals surface area contributed by atoms with E-state index in [2.05, 4.69) is 28.2 Å². The standard InChI is InChI=1S/C25H34N6O3/c1-3-4-12-34-25(33)30-19-11-6-5-10-18(19)29-23-21(26)17-14-27-24(32)20(17)22(31-23)28-16-9-7-8-15(2)13-16/h7-9,13,18-19H,3-6,10-12,14,26H2,1-2H3,(H,27,32)(H,30,33)(H2,28,29,31)/t18-,19+/m1/s1. The minimum Gasteiger partial charge on any atom is -0.450 e. The average molecular weight is 467 g/mol. The van der Waals surface area contributed by atoms with Crippen molar-refractivity contribution in [3.63, 3.8) is 0 Å². The van der Waals surface area contributed by atoms with E-state index in [0.29, 0.717) is 36.0 Å². The van der Waals surface area contributed by atoms with Gasteiger partial charge in [0.2, 0.25) is 0 Å². The number of amides is 2. The molecule has 0 saturated heterocycles. The Kier molecular flexibility index (Phi) is 7.40. The average Bonchev–Trinajstić information content (AvgIpc) is 3.20. The maximum Gasteiger partial charge on any atom is 0.407 e. The molecule has 1 saturated carbocycles. The number of carbonyl (C=O) groups excluding carboxylic acids is 2. The topological polar surface area (TPSA) is 130 Å². The molecule has 2 heterocycles. The SMILES string of the molecule is CCCCOC(=O)N[C@H]1CCCC[C@H]1Nc1nc(Nc2cccc(C)c2)c2c(c1N)CNC2=O. The normalized spacial score (nSPS) is 19.2. The predicted octanol–water partition coefficient (Wildman–Crippen LogP) is 4.21. The van der Waals surface area contributed by atoms with Gasteiger partial charge >= 0.3 is 6.09 Å². The van der Waals surface area contributed by atoms with Gasteiger partial charge < -0.3 is 31.7 Å². The van der Waals surface area contributed by atoms with Crippen LogP contribution in [0.1, 0.15) is 66.9 Å². The number of fused-ring (bicyclic) bond motifs is 1. The number of hydrogen-bond acceptors (Lipinski definition) is 7. The van der Waals surface area contributed by atoms with Crippen molar-refractivity contribution >= 4 is 35.0 Å². The number of aromatic nitrogens is 1. The first kappa shape index (κ1) is 23.7. The summed E-state index contributed by atoms with van der Waals surface area (Å²) in [6.45, 7) is 4.84. The van der Waals surface area contributed by atoms with Crippen LogP contribution in [0.5, 0.6) is 0 Å². The number of hydrogen-bond donors (Lipinski definition) is 5. The van der Waals surface area contributed by atoms with E-state index in [9.17, 15) is 9.59 Å². The van der Waals surface area contributed by atoms with E-state index in [0.717, 1.165) is 55.3 Å². The molecule has 1 fully saturated rings. The molecule has 0 spiro atoms. The number of pyridine rings is 1. The van der Waals surface area contributed by atoms with Crippen LogP contribution >= 0.6 is 0 Å². The summed E-state index contributed by atoms with van der Waals surface area (Å²) in [5.41, 5.74) is 10.1. The number of ether oxygens (including phenoxy) is 1. The summed E-state index contributed by atoms with van der Waals surface area (Å²) < 4.78 is 5.30. The lowest BCUT2D eigenvalue weighted by Crippen LogP contribution is -2.49. The Balaban J connectivity index is 1.57. The molecule has 34 heavy (non-hydrogen) atoms. The first-order chi connectivity index (χ1) is 16.5. The van der Waals surface area contributed by atoms with Crippen molar-refractivity contribution in [1.82, 2.24) is 15.6 Å². The summed E-state index contributed by atoms with van der Waals surface area (Å²) in [7, 11) is 0. The zero-order chi connectivity index (χ0) is 24.1. The highest BCUT2D eigenvalue weighted by atomic mass is 16.5. The number of nitrogens with zero attached hydrogens (tertiary/aromatic N) is 1. The fourth-order valence-electron chi connectivity index (χ4n) is 4.55. The second kappa shape index (κ2) is 10.6. The van der Waals surface area contributed by atoms with Crippen molar-refractivity contribution in [3.05, 3.63) is 41.0 Å². The number of anilines is 4. The number of nitrogens with one attached hydrogen (secondary N) is 4. The predicted molar refractivity (Wildman–Crippen MR) is 133 cm³/mol. The Morgan fingerprint density at radius 3 is 2.79 bits per heavy atom. The highest BCUT2D eigenvalue weighted by Crippen LogP contribution is 2.35. The molecule has 2 atom stereocenters. The van der Waals surface area contributed by atoms with E-state index in [4.69, 9.17) is 15.5 Å². The molecule has 0 radical (unpaired) electrons. The van der Waals surface area contributed by atoms with Crippen LogP contribution in [0.3, 0.4) is 0 Å². The van der Waals surface area contributed by atoms with E-state index in [1.165, 1.54) is 0 Å². The quantitative estimate of drug-likeness (QED) is 0.368. The molecule has 9 heteroatoms. The van der Waals surface area contributed by atoms with Gasteiger partial charge in [0.1, 0.15) is 5.82 Å². The van der Waals surface area contributed by atoms with Crippen molar-refractivity contribution in [2.75, 3.05) is 23.0 Å². The van der Waals surface area contributed by atoms with Crippen LogP contribution in [0.25, 0.3) is 0 Å². The number of unbranched alkanes of at least 4 members (excludes halogenated alkanes) is 1. The molecule has 0 bridgehead atoms. The third kappa shape index (κ3) is 5.35. The molecule has 9 nitrogen and oxygen atoms in total. The van der Waals surface area contributed by atoms with E-state index in [1.807, 2.05) is 31.2 Å². The van der Waals surface area contributed by atoms with Gasteiger partial charge in [-0.25, -0.2) is 9.78 Å². The molecule has 1 aromatic carbocycles. The van der Waals surface area contributed by atoms with Crippen LogP contribution in [-0.4, -0.2) is 35.7 Å². The van der Waals surface area contributed by atoms with E-state index in [1.54, 1.807) is 0 Å². The summed E-state index contributed by atoms with van der Waals surface area (Å²) in [4.78, 5) is 29.6. The molecule has 1 aliphatic heterocycles. The highest BCUT2D eigenvalue weighted by molar-refractivity contribution is 6.05. The molecule has 6 N–H and O–H groups in total. The Morgan fingerprint density at radius 1 is 1.24 bits per heavy atom. The molecule has 0 unspecified atom stereocenters. The zero-order valence-corrected chi connectivity index (χ0v) is 19.9. The van der Waals surface area contributed by atoms with E-state index >= 15 is 0 Å². The first-order valence-corrected chi connectivity index (χ1v) is 12.1. The molecule has 1 aromatic heterocycles. The van der Waals surface area contributed by atoms with Crippen LogP contribution in [0.2, 0.25) is 0 Å². The molecular weight excluding hydrogens is 432 g/mol. The maximum atomic E-state index is 12.5. The van der Waals surface area contributed by atoms with Gasteiger partial charge in [0.25, 0.3) is 5.91 Å². The van der Waals surface area contributed by atoms with Gasteiger partial charge in [0, 0.05) is 23.8 Å². The summed E-state index contributed by atoms with van der Waals surface area (Å²) in [6, 6.07) is 7.75. The van der Waals surface area contributed by atoms with Gasteiger partial charge in [0.05, 0.1) is 23.9 Å². The van der Waals surface area contributed by atoms with Crippen LogP contribution in [0.15, 0.2) is 24.3 Å². The summed E-state index contributed by atoms with van der Waals surface area (Å²) >= 11 is 0. The Hall–Kier alpha value is -3.49. The Bertz CT molecular complexity index is 1060. The highest BCUT2D eigenvalue weighted by Gasteiger charge is 2.32. The van der Waals surface area contributed by atoms with Gasteiger partial charge in [-0.15, -0.1) is 0 Å². The lowest BCUT2D eigenvalue weighted by molar-refractivity contribution is 0.0966. The Morgan fingerprint density at radius 2 is 2.03 bits per heavy atom. The molecule has 1 aliphatic carbocycles. The van der Waals surface area contributed by atoms with E-state index < -0.39 is 6.09 Å². The van der Waals surface area contributed by atoms with Crippen LogP contribution in [0, 0.1) is 6.92 Å². The first-order valence-electron chi connectivity index (χ1n) is 12.1. The molecular formula is C25H34N6O3. The minimum absolute atomic E-state index is 0.0443. The number of rotatable bonds is 8. The maximum absolute atomic E-state index is 12.5. The Labute approximate surface area is 200 Å². The fraction of sp³-hybridized carbons (Fsp3) is 0.480. The molecule has 2 aromatic rings. The molecule has 182 valence electrons. The number of nitrogen functional groups attached to an aromatic ring is 1. The second-order valence-corrected chi connectivity index (χ2v) is 9.03. The van der Waals surface area contributed by atoms with Crippen LogP contribution < -0.4 is 27.0 Å². The monoisotopic (exact) mass is 466 g/mol. The lowest BCUT2D eigenvalue weighted by Gasteiger charge is -2.33. The van der Waals surface area contributed by atoms with E-state index in [-0.39, 0.29) is 18.0 Å². The van der Waals surface area contributed by atoms with Gasteiger partial charge in [0.15, 0.2) is 5.82 Å². The van der Waals surface area contributed by atoms with Crippen molar-refractivity contribution in [2.45, 2.75) is 71.0 Å². The largest absolute Gasteiger partial charge is 0.450 e. The van der Waals surface area contributed by atoms with Crippen molar-refractivity contribution in [2.24, 2.45) is 0 Å². The number of benzene rings is 1. The number of aryl methyl sites for hydroxylation is 1. The second-order valence-electron chi connectivity index (χ2n) is 9.03. The molecule has 2 amide bonds. The van der Waals surface area contributed by atoms with Crippen LogP contribution in [-0.2, 0) is 11.3 Å². The van der Waals surface area contributed by atoms with Crippen molar-refractivity contribution in [1.29, 1.82) is 0 Å². The molecule has 2 aliphatic rings. The van der Waals surface area contributed by atoms with Gasteiger partial charge in [-0.1, -0.05) is 38.3 Å². The van der Waals surface area contributed by atoms with Crippen molar-refractivity contribution in [3.8, 4) is 0 Å². The summed E-state index contributed by atoms with van der Waals surface area (Å²) in [5, 5.41) is 12.6. The van der Waals surface area contributed by atoms with Crippen molar-refractivity contribution < 1.29 is 14.3 Å².